The molecule has 12 heteroatoms. The SMILES string of the molecule is O=C(Nc1cccc(Br)c1)C(F)(F)C(F)(F)C(F)(F)C(F)(F)F. The predicted octanol–water partition coefficient (Wildman–Crippen LogP) is 4.86. The summed E-state index contributed by atoms with van der Waals surface area (Å²) in [5.74, 6) is -23.4. The summed E-state index contributed by atoms with van der Waals surface area (Å²) in [5.41, 5.74) is -0.518. The van der Waals surface area contributed by atoms with Crippen LogP contribution in [0.1, 0.15) is 0 Å². The molecule has 1 aromatic rings. The van der Waals surface area contributed by atoms with Crippen LogP contribution in [-0.2, 0) is 4.79 Å². The molecule has 2 nitrogen and oxygen atoms in total. The van der Waals surface area contributed by atoms with Crippen molar-refractivity contribution < 1.29 is 44.3 Å². The first-order valence-electron chi connectivity index (χ1n) is 5.42. The number of nitrogens with one attached hydrogen (secondary N) is 1. The maximum atomic E-state index is 13.3. The van der Waals surface area contributed by atoms with Crippen molar-refractivity contribution in [3.8, 4) is 0 Å². The molecule has 0 saturated carbocycles. The quantitative estimate of drug-likeness (QED) is 0.696. The zero-order valence-corrected chi connectivity index (χ0v) is 12.1. The van der Waals surface area contributed by atoms with E-state index in [9.17, 15) is 44.3 Å². The number of benzene rings is 1. The number of amides is 1. The molecule has 0 heterocycles. The number of alkyl halides is 9. The molecule has 0 radical (unpaired) electrons. The third kappa shape index (κ3) is 3.40. The topological polar surface area (TPSA) is 29.1 Å². The average Bonchev–Trinajstić information content (AvgIpc) is 2.36. The third-order valence-electron chi connectivity index (χ3n) is 2.51. The zero-order valence-electron chi connectivity index (χ0n) is 10.5. The summed E-state index contributed by atoms with van der Waals surface area (Å²) in [6, 6.07) is 4.38. The highest BCUT2D eigenvalue weighted by Crippen LogP contribution is 2.53. The lowest BCUT2D eigenvalue weighted by atomic mass is 10.0. The Morgan fingerprint density at radius 1 is 0.913 bits per heavy atom. The minimum Gasteiger partial charge on any atom is -0.321 e. The molecule has 0 aromatic heterocycles. The standard InChI is InChI=1S/C11H5BrF9NO/c12-5-2-1-3-6(4-5)22-7(23)8(13,14)9(15,16)10(17,18)11(19,20)21/h1-4H,(H,22,23). The molecular formula is C11H5BrF9NO. The Labute approximate surface area is 130 Å². The van der Waals surface area contributed by atoms with Crippen LogP contribution in [0.25, 0.3) is 0 Å². The van der Waals surface area contributed by atoms with Gasteiger partial charge in [0.1, 0.15) is 0 Å². The van der Waals surface area contributed by atoms with Crippen molar-refractivity contribution in [2.45, 2.75) is 23.9 Å². The maximum Gasteiger partial charge on any atom is 0.460 e. The lowest BCUT2D eigenvalue weighted by molar-refractivity contribution is -0.388. The second-order valence-corrected chi connectivity index (χ2v) is 5.10. The van der Waals surface area contributed by atoms with Crippen molar-refractivity contribution in [1.82, 2.24) is 0 Å². The van der Waals surface area contributed by atoms with Crippen LogP contribution in [0.3, 0.4) is 0 Å². The molecule has 0 aliphatic carbocycles. The van der Waals surface area contributed by atoms with Gasteiger partial charge in [-0.1, -0.05) is 22.0 Å². The highest BCUT2D eigenvalue weighted by molar-refractivity contribution is 9.10. The minimum atomic E-state index is -7.11. The number of halogens is 10. The zero-order chi connectivity index (χ0) is 18.3. The molecule has 0 aliphatic rings. The monoisotopic (exact) mass is 417 g/mol. The fourth-order valence-electron chi connectivity index (χ4n) is 1.29. The summed E-state index contributed by atoms with van der Waals surface area (Å²) in [6.45, 7) is 0. The van der Waals surface area contributed by atoms with Gasteiger partial charge in [-0.2, -0.15) is 39.5 Å². The van der Waals surface area contributed by atoms with Gasteiger partial charge in [-0.05, 0) is 18.2 Å². The molecule has 0 unspecified atom stereocenters. The lowest BCUT2D eigenvalue weighted by Crippen LogP contribution is -2.64. The van der Waals surface area contributed by atoms with Crippen LogP contribution in [0.2, 0.25) is 0 Å². The molecule has 0 aliphatic heterocycles. The van der Waals surface area contributed by atoms with Gasteiger partial charge in [-0.25, -0.2) is 0 Å². The van der Waals surface area contributed by atoms with Crippen LogP contribution in [-0.4, -0.2) is 29.9 Å². The summed E-state index contributed by atoms with van der Waals surface area (Å²) in [7, 11) is 0. The molecule has 1 N–H and O–H groups in total. The molecule has 23 heavy (non-hydrogen) atoms. The molecule has 0 atom stereocenters. The molecule has 0 bridgehead atoms. The Balaban J connectivity index is 3.16. The summed E-state index contributed by atoms with van der Waals surface area (Å²) < 4.78 is 114. The van der Waals surface area contributed by atoms with E-state index in [0.717, 1.165) is 17.4 Å². The largest absolute Gasteiger partial charge is 0.460 e. The normalized spacial score (nSPS) is 13.8. The Bertz CT molecular complexity index is 599. The molecular weight excluding hydrogens is 413 g/mol. The highest BCUT2D eigenvalue weighted by Gasteiger charge is 2.83. The maximum absolute atomic E-state index is 13.3. The van der Waals surface area contributed by atoms with E-state index >= 15 is 0 Å². The van der Waals surface area contributed by atoms with Crippen molar-refractivity contribution in [3.05, 3.63) is 28.7 Å². The van der Waals surface area contributed by atoms with Gasteiger partial charge >= 0.3 is 29.9 Å². The number of carbonyl (C=O) groups excluding carboxylic acids is 1. The van der Waals surface area contributed by atoms with Gasteiger partial charge in [0.15, 0.2) is 0 Å². The van der Waals surface area contributed by atoms with E-state index in [1.165, 1.54) is 12.1 Å². The predicted molar refractivity (Wildman–Crippen MR) is 63.7 cm³/mol. The van der Waals surface area contributed by atoms with Gasteiger partial charge in [0.05, 0.1) is 0 Å². The van der Waals surface area contributed by atoms with E-state index < -0.39 is 35.5 Å². The van der Waals surface area contributed by atoms with Crippen LogP contribution in [0.5, 0.6) is 0 Å². The van der Waals surface area contributed by atoms with E-state index in [1.807, 2.05) is 0 Å². The fourth-order valence-corrected chi connectivity index (χ4v) is 1.69. The number of carbonyl (C=O) groups is 1. The average molecular weight is 418 g/mol. The number of anilines is 1. The van der Waals surface area contributed by atoms with Crippen LogP contribution in [0.4, 0.5) is 45.2 Å². The van der Waals surface area contributed by atoms with Crippen LogP contribution in [0.15, 0.2) is 28.7 Å². The third-order valence-corrected chi connectivity index (χ3v) is 3.01. The summed E-state index contributed by atoms with van der Waals surface area (Å²) in [6.07, 6.45) is -6.98. The lowest BCUT2D eigenvalue weighted by Gasteiger charge is -2.32. The molecule has 0 spiro atoms. The Morgan fingerprint density at radius 3 is 1.87 bits per heavy atom. The van der Waals surface area contributed by atoms with Crippen LogP contribution < -0.4 is 5.32 Å². The van der Waals surface area contributed by atoms with Gasteiger partial charge in [0, 0.05) is 10.2 Å². The van der Waals surface area contributed by atoms with Crippen molar-refractivity contribution in [2.75, 3.05) is 5.32 Å². The van der Waals surface area contributed by atoms with Crippen molar-refractivity contribution >= 4 is 27.5 Å². The fraction of sp³-hybridized carbons (Fsp3) is 0.364. The first-order valence-corrected chi connectivity index (χ1v) is 6.21. The molecule has 1 amide bonds. The van der Waals surface area contributed by atoms with Gasteiger partial charge in [0.25, 0.3) is 0 Å². The van der Waals surface area contributed by atoms with Gasteiger partial charge in [0.2, 0.25) is 0 Å². The van der Waals surface area contributed by atoms with E-state index in [0.29, 0.717) is 0 Å². The minimum absolute atomic E-state index is 0.200. The van der Waals surface area contributed by atoms with Crippen LogP contribution >= 0.6 is 15.9 Å². The Hall–Kier alpha value is -1.46. The van der Waals surface area contributed by atoms with Crippen LogP contribution in [0, 0.1) is 0 Å². The molecule has 130 valence electrons. The first kappa shape index (κ1) is 19.6. The molecule has 0 saturated heterocycles. The van der Waals surface area contributed by atoms with E-state index in [-0.39, 0.29) is 4.47 Å². The highest BCUT2D eigenvalue weighted by atomic mass is 79.9. The number of hydrogen-bond donors (Lipinski definition) is 1. The van der Waals surface area contributed by atoms with Gasteiger partial charge in [-0.3, -0.25) is 4.79 Å². The molecule has 1 rings (SSSR count). The summed E-state index contributed by atoms with van der Waals surface area (Å²) >= 11 is 2.84. The number of hydrogen-bond acceptors (Lipinski definition) is 1. The summed E-state index contributed by atoms with van der Waals surface area (Å²) in [4.78, 5) is 11.1. The van der Waals surface area contributed by atoms with E-state index in [2.05, 4.69) is 15.9 Å². The van der Waals surface area contributed by atoms with E-state index in [1.54, 1.807) is 0 Å². The van der Waals surface area contributed by atoms with Crippen molar-refractivity contribution in [2.24, 2.45) is 0 Å². The summed E-state index contributed by atoms with van der Waals surface area (Å²) in [5, 5.41) is 1.15. The second kappa shape index (κ2) is 5.87. The second-order valence-electron chi connectivity index (χ2n) is 4.19. The molecule has 1 aromatic carbocycles. The van der Waals surface area contributed by atoms with Gasteiger partial charge < -0.3 is 5.32 Å². The Kier molecular flexibility index (Phi) is 5.00. The van der Waals surface area contributed by atoms with Crippen molar-refractivity contribution in [3.63, 3.8) is 0 Å². The van der Waals surface area contributed by atoms with Gasteiger partial charge in [-0.15, -0.1) is 0 Å². The first-order chi connectivity index (χ1) is 10.1. The number of rotatable bonds is 4. The van der Waals surface area contributed by atoms with Crippen molar-refractivity contribution in [1.29, 1.82) is 0 Å². The smallest absolute Gasteiger partial charge is 0.321 e. The Morgan fingerprint density at radius 2 is 1.43 bits per heavy atom. The van der Waals surface area contributed by atoms with E-state index in [4.69, 9.17) is 0 Å². The molecule has 0 fully saturated rings.